The van der Waals surface area contributed by atoms with E-state index in [9.17, 15) is 14.4 Å². The van der Waals surface area contributed by atoms with Gasteiger partial charge in [0.2, 0.25) is 17.7 Å². The zero-order valence-corrected chi connectivity index (χ0v) is 15.9. The Hall–Kier alpha value is -3.55. The highest BCUT2D eigenvalue weighted by Gasteiger charge is 2.29. The lowest BCUT2D eigenvalue weighted by Crippen LogP contribution is -2.47. The third-order valence-electron chi connectivity index (χ3n) is 4.30. The van der Waals surface area contributed by atoms with Gasteiger partial charge in [0.15, 0.2) is 0 Å². The molecule has 1 aliphatic rings. The molecule has 1 aliphatic heterocycles. The van der Waals surface area contributed by atoms with Crippen LogP contribution in [0.15, 0.2) is 42.5 Å². The van der Waals surface area contributed by atoms with Crippen molar-refractivity contribution in [3.05, 3.63) is 42.5 Å². The number of anilines is 4. The van der Waals surface area contributed by atoms with Crippen molar-refractivity contribution in [2.75, 3.05) is 34.5 Å². The molecule has 28 heavy (non-hydrogen) atoms. The Morgan fingerprint density at radius 3 is 2.68 bits per heavy atom. The van der Waals surface area contributed by atoms with Gasteiger partial charge in [0.1, 0.15) is 18.3 Å². The number of benzene rings is 2. The molecule has 0 aromatic heterocycles. The number of para-hydroxylation sites is 2. The number of rotatable bonds is 5. The van der Waals surface area contributed by atoms with E-state index in [2.05, 4.69) is 16.0 Å². The van der Waals surface area contributed by atoms with Crippen molar-refractivity contribution < 1.29 is 19.1 Å². The van der Waals surface area contributed by atoms with Gasteiger partial charge in [-0.2, -0.15) is 0 Å². The topological polar surface area (TPSA) is 99.8 Å². The lowest BCUT2D eigenvalue weighted by molar-refractivity contribution is -0.122. The van der Waals surface area contributed by atoms with Gasteiger partial charge in [0.25, 0.3) is 0 Å². The molecule has 1 heterocycles. The lowest BCUT2D eigenvalue weighted by atomic mass is 10.1. The number of hydrogen-bond acceptors (Lipinski definition) is 5. The molecule has 0 bridgehead atoms. The van der Waals surface area contributed by atoms with Gasteiger partial charge < -0.3 is 20.7 Å². The van der Waals surface area contributed by atoms with Gasteiger partial charge in [0.05, 0.1) is 24.2 Å². The van der Waals surface area contributed by atoms with Crippen molar-refractivity contribution in [1.82, 2.24) is 0 Å². The van der Waals surface area contributed by atoms with Crippen LogP contribution in [0.25, 0.3) is 0 Å². The fourth-order valence-electron chi connectivity index (χ4n) is 3.06. The first-order valence-corrected chi connectivity index (χ1v) is 8.81. The molecule has 0 fully saturated rings. The molecule has 8 heteroatoms. The summed E-state index contributed by atoms with van der Waals surface area (Å²) in [6, 6.07) is 11.6. The highest BCUT2D eigenvalue weighted by molar-refractivity contribution is 6.11. The van der Waals surface area contributed by atoms with Crippen molar-refractivity contribution in [2.24, 2.45) is 0 Å². The number of methoxy groups -OCH3 is 1. The second-order valence-electron chi connectivity index (χ2n) is 6.45. The number of hydrogen-bond donors (Lipinski definition) is 3. The number of fused-ring (bicyclic) bond motifs is 1. The van der Waals surface area contributed by atoms with Crippen LogP contribution in [0.4, 0.5) is 22.7 Å². The summed E-state index contributed by atoms with van der Waals surface area (Å²) in [5.41, 5.74) is 2.40. The summed E-state index contributed by atoms with van der Waals surface area (Å²) < 4.78 is 5.34. The van der Waals surface area contributed by atoms with Gasteiger partial charge >= 0.3 is 0 Å². The standard InChI is InChI=1S/C20H22N4O4/c1-12(21-16-10-14(22-13(2)25)8-9-18(16)28-3)20(27)24-11-19(26)23-15-6-4-5-7-17(15)24/h4-10,12,21H,11H2,1-3H3,(H,22,25)(H,23,26)/t12-/m1/s1. The maximum atomic E-state index is 13.0. The first-order valence-electron chi connectivity index (χ1n) is 8.81. The van der Waals surface area contributed by atoms with Crippen LogP contribution in [-0.2, 0) is 14.4 Å². The van der Waals surface area contributed by atoms with Crippen LogP contribution in [0.1, 0.15) is 13.8 Å². The minimum absolute atomic E-state index is 0.0507. The molecule has 3 N–H and O–H groups in total. The molecule has 0 unspecified atom stereocenters. The Labute approximate surface area is 162 Å². The summed E-state index contributed by atoms with van der Waals surface area (Å²) in [5.74, 6) is -0.166. The van der Waals surface area contributed by atoms with Crippen molar-refractivity contribution in [3.8, 4) is 5.75 Å². The fraction of sp³-hybridized carbons (Fsp3) is 0.250. The van der Waals surface area contributed by atoms with E-state index in [0.29, 0.717) is 28.5 Å². The summed E-state index contributed by atoms with van der Waals surface area (Å²) in [5, 5.41) is 8.58. The first-order chi connectivity index (χ1) is 13.4. The molecule has 0 radical (unpaired) electrons. The smallest absolute Gasteiger partial charge is 0.249 e. The number of ether oxygens (including phenoxy) is 1. The summed E-state index contributed by atoms with van der Waals surface area (Å²) in [6.07, 6.45) is 0. The molecule has 3 amide bonds. The van der Waals surface area contributed by atoms with Crippen LogP contribution in [0, 0.1) is 0 Å². The molecular formula is C20H22N4O4. The van der Waals surface area contributed by atoms with Crippen molar-refractivity contribution >= 4 is 40.5 Å². The molecule has 8 nitrogen and oxygen atoms in total. The maximum Gasteiger partial charge on any atom is 0.249 e. The third kappa shape index (κ3) is 4.06. The van der Waals surface area contributed by atoms with E-state index in [0.717, 1.165) is 0 Å². The van der Waals surface area contributed by atoms with Gasteiger partial charge in [-0.05, 0) is 37.3 Å². The molecule has 0 saturated heterocycles. The number of carbonyl (C=O) groups is 3. The van der Waals surface area contributed by atoms with Crippen LogP contribution in [0.5, 0.6) is 5.75 Å². The third-order valence-corrected chi connectivity index (χ3v) is 4.30. The van der Waals surface area contributed by atoms with Gasteiger partial charge in [0, 0.05) is 12.6 Å². The Morgan fingerprint density at radius 1 is 1.21 bits per heavy atom. The lowest BCUT2D eigenvalue weighted by Gasteiger charge is -2.31. The van der Waals surface area contributed by atoms with E-state index in [1.54, 1.807) is 43.3 Å². The van der Waals surface area contributed by atoms with Crippen LogP contribution in [0.3, 0.4) is 0 Å². The summed E-state index contributed by atoms with van der Waals surface area (Å²) >= 11 is 0. The fourth-order valence-corrected chi connectivity index (χ4v) is 3.06. The van der Waals surface area contributed by atoms with Crippen molar-refractivity contribution in [3.63, 3.8) is 0 Å². The highest BCUT2D eigenvalue weighted by atomic mass is 16.5. The molecular weight excluding hydrogens is 360 g/mol. The normalized spacial score (nSPS) is 13.8. The second kappa shape index (κ2) is 7.99. The Bertz CT molecular complexity index is 928. The number of carbonyl (C=O) groups excluding carboxylic acids is 3. The summed E-state index contributed by atoms with van der Waals surface area (Å²) in [4.78, 5) is 37.8. The SMILES string of the molecule is COc1ccc(NC(C)=O)cc1N[C@H](C)C(=O)N1CC(=O)Nc2ccccc21. The van der Waals surface area contributed by atoms with Gasteiger partial charge in [-0.25, -0.2) is 0 Å². The van der Waals surface area contributed by atoms with Crippen LogP contribution < -0.4 is 25.6 Å². The van der Waals surface area contributed by atoms with Crippen LogP contribution in [0.2, 0.25) is 0 Å². The van der Waals surface area contributed by atoms with Gasteiger partial charge in [-0.1, -0.05) is 12.1 Å². The predicted octanol–water partition coefficient (Wildman–Crippen LogP) is 2.44. The maximum absolute atomic E-state index is 13.0. The summed E-state index contributed by atoms with van der Waals surface area (Å²) in [7, 11) is 1.52. The average molecular weight is 382 g/mol. The predicted molar refractivity (Wildman–Crippen MR) is 108 cm³/mol. The highest BCUT2D eigenvalue weighted by Crippen LogP contribution is 2.31. The minimum atomic E-state index is -0.638. The minimum Gasteiger partial charge on any atom is -0.495 e. The number of nitrogens with one attached hydrogen (secondary N) is 3. The molecule has 0 aliphatic carbocycles. The quantitative estimate of drug-likeness (QED) is 0.738. The average Bonchev–Trinajstić information content (AvgIpc) is 2.66. The number of amides is 3. The second-order valence-corrected chi connectivity index (χ2v) is 6.45. The Kier molecular flexibility index (Phi) is 5.49. The van der Waals surface area contributed by atoms with E-state index < -0.39 is 6.04 Å². The molecule has 146 valence electrons. The van der Waals surface area contributed by atoms with Crippen molar-refractivity contribution in [1.29, 1.82) is 0 Å². The van der Waals surface area contributed by atoms with E-state index >= 15 is 0 Å². The van der Waals surface area contributed by atoms with Gasteiger partial charge in [-0.3, -0.25) is 19.3 Å². The van der Waals surface area contributed by atoms with E-state index in [1.807, 2.05) is 6.07 Å². The largest absolute Gasteiger partial charge is 0.495 e. The zero-order chi connectivity index (χ0) is 20.3. The van der Waals surface area contributed by atoms with Crippen LogP contribution in [-0.4, -0.2) is 37.4 Å². The van der Waals surface area contributed by atoms with Crippen LogP contribution >= 0.6 is 0 Å². The first kappa shape index (κ1) is 19.2. The van der Waals surface area contributed by atoms with Crippen molar-refractivity contribution in [2.45, 2.75) is 19.9 Å². The molecule has 2 aromatic rings. The van der Waals surface area contributed by atoms with E-state index in [1.165, 1.54) is 18.9 Å². The zero-order valence-electron chi connectivity index (χ0n) is 15.9. The monoisotopic (exact) mass is 382 g/mol. The summed E-state index contributed by atoms with van der Waals surface area (Å²) in [6.45, 7) is 3.08. The molecule has 0 saturated carbocycles. The number of nitrogens with zero attached hydrogens (tertiary/aromatic N) is 1. The molecule has 1 atom stereocenters. The van der Waals surface area contributed by atoms with Gasteiger partial charge in [-0.15, -0.1) is 0 Å². The molecule has 3 rings (SSSR count). The Balaban J connectivity index is 1.83. The Morgan fingerprint density at radius 2 is 1.96 bits per heavy atom. The molecule has 0 spiro atoms. The van der Waals surface area contributed by atoms with E-state index in [-0.39, 0.29) is 24.3 Å². The molecule has 2 aromatic carbocycles. The van der Waals surface area contributed by atoms with E-state index in [4.69, 9.17) is 4.74 Å².